The first kappa shape index (κ1) is 44.2. The minimum Gasteiger partial charge on any atom is -0.479 e. The second kappa shape index (κ2) is 20.9. The van der Waals surface area contributed by atoms with Crippen molar-refractivity contribution >= 4 is 37.2 Å². The highest BCUT2D eigenvalue weighted by Gasteiger charge is 2.34. The molecule has 4 N–H and O–H groups in total. The van der Waals surface area contributed by atoms with Crippen LogP contribution in [0.25, 0.3) is 0 Å². The van der Waals surface area contributed by atoms with Crippen molar-refractivity contribution in [2.45, 2.75) is 137 Å². The molecule has 1 heterocycles. The van der Waals surface area contributed by atoms with Crippen LogP contribution in [0.1, 0.15) is 116 Å². The van der Waals surface area contributed by atoms with E-state index in [9.17, 15) is 29.4 Å². The molecular formula is C38H58BN3O10. The molecule has 0 bridgehead atoms. The normalized spacial score (nSPS) is 18.8. The van der Waals surface area contributed by atoms with Crippen LogP contribution in [0.4, 0.5) is 4.79 Å². The zero-order chi connectivity index (χ0) is 39.1. The van der Waals surface area contributed by atoms with Crippen LogP contribution >= 0.6 is 0 Å². The van der Waals surface area contributed by atoms with E-state index in [0.29, 0.717) is 18.6 Å². The first-order valence-corrected chi connectivity index (χ1v) is 17.8. The van der Waals surface area contributed by atoms with Crippen molar-refractivity contribution in [1.29, 1.82) is 0 Å². The lowest BCUT2D eigenvalue weighted by atomic mass is 10.0. The predicted octanol–water partition coefficient (Wildman–Crippen LogP) is 4.99. The van der Waals surface area contributed by atoms with Gasteiger partial charge in [0.15, 0.2) is 11.8 Å². The van der Waals surface area contributed by atoms with Crippen molar-refractivity contribution in [2.75, 3.05) is 13.2 Å². The number of carbonyl (C=O) groups excluding carboxylic acids is 3. The van der Waals surface area contributed by atoms with Gasteiger partial charge in [-0.05, 0) is 105 Å². The number of carboxylic acids is 1. The summed E-state index contributed by atoms with van der Waals surface area (Å²) in [5.74, 6) is -2.81. The first-order valence-electron chi connectivity index (χ1n) is 17.8. The number of rotatable bonds is 20. The molecule has 2 rings (SSSR count). The van der Waals surface area contributed by atoms with E-state index >= 15 is 0 Å². The summed E-state index contributed by atoms with van der Waals surface area (Å²) < 4.78 is 22.4. The number of nitrogens with one attached hydrogen (secondary N) is 2. The fourth-order valence-electron chi connectivity index (χ4n) is 5.38. The third-order valence-electron chi connectivity index (χ3n) is 8.47. The van der Waals surface area contributed by atoms with Crippen molar-refractivity contribution in [3.8, 4) is 5.75 Å². The molecule has 0 saturated carbocycles. The van der Waals surface area contributed by atoms with E-state index in [1.807, 2.05) is 34.6 Å². The zero-order valence-electron chi connectivity index (χ0n) is 32.3. The van der Waals surface area contributed by atoms with E-state index in [1.165, 1.54) is 31.1 Å². The lowest BCUT2D eigenvalue weighted by Crippen LogP contribution is -2.48. The third kappa shape index (κ3) is 17.0. The van der Waals surface area contributed by atoms with Gasteiger partial charge >= 0.3 is 5.97 Å². The maximum atomic E-state index is 13.3. The second-order valence-electron chi connectivity index (χ2n) is 14.5. The summed E-state index contributed by atoms with van der Waals surface area (Å²) in [6.07, 6.45) is 5.30. The van der Waals surface area contributed by atoms with Gasteiger partial charge in [-0.15, -0.1) is 0 Å². The quantitative estimate of drug-likeness (QED) is 0.0812. The molecule has 0 spiro atoms. The summed E-state index contributed by atoms with van der Waals surface area (Å²) in [6.45, 7) is 15.8. The number of hydrogen-bond acceptors (Lipinski definition) is 10. The van der Waals surface area contributed by atoms with Gasteiger partial charge in [-0.1, -0.05) is 29.4 Å². The van der Waals surface area contributed by atoms with Crippen molar-refractivity contribution < 1.29 is 48.3 Å². The summed E-state index contributed by atoms with van der Waals surface area (Å²) in [6, 6.07) is 4.47. The van der Waals surface area contributed by atoms with E-state index in [-0.39, 0.29) is 37.3 Å². The number of aliphatic hydroxyl groups is 1. The molecule has 1 aliphatic rings. The highest BCUT2D eigenvalue weighted by atomic mass is 16.7. The van der Waals surface area contributed by atoms with Gasteiger partial charge in [-0.3, -0.25) is 19.4 Å². The molecule has 14 heteroatoms. The Morgan fingerprint density at radius 2 is 1.77 bits per heavy atom. The van der Waals surface area contributed by atoms with Gasteiger partial charge in [0.1, 0.15) is 12.4 Å². The molecule has 0 radical (unpaired) electrons. The lowest BCUT2D eigenvalue weighted by molar-refractivity contribution is -0.195. The summed E-state index contributed by atoms with van der Waals surface area (Å²) in [5.41, 5.74) is 2.82. The Morgan fingerprint density at radius 3 is 2.42 bits per heavy atom. The minimum absolute atomic E-state index is 0.00407. The Bertz CT molecular complexity index is 1490. The number of aliphatic hydroxyl groups excluding tert-OH is 1. The van der Waals surface area contributed by atoms with E-state index < -0.39 is 53.4 Å². The molecule has 1 aromatic carbocycles. The van der Waals surface area contributed by atoms with Crippen molar-refractivity contribution in [3.63, 3.8) is 0 Å². The Morgan fingerprint density at radius 1 is 1.06 bits per heavy atom. The molecule has 1 aromatic rings. The summed E-state index contributed by atoms with van der Waals surface area (Å²) in [4.78, 5) is 53.9. The van der Waals surface area contributed by atoms with Gasteiger partial charge in [0.2, 0.25) is 25.9 Å². The number of carboxylic acid groups (broad SMARTS) is 1. The van der Waals surface area contributed by atoms with Gasteiger partial charge in [0.05, 0.1) is 24.8 Å². The van der Waals surface area contributed by atoms with Crippen LogP contribution in [-0.2, 0) is 30.4 Å². The summed E-state index contributed by atoms with van der Waals surface area (Å²) >= 11 is 0. The smallest absolute Gasteiger partial charge is 0.333 e. The number of amides is 2. The Kier molecular flexibility index (Phi) is 17.7. The van der Waals surface area contributed by atoms with Gasteiger partial charge in [0, 0.05) is 24.1 Å². The van der Waals surface area contributed by atoms with E-state index in [0.717, 1.165) is 31.4 Å². The number of nitrogens with zero attached hydrogens (tertiary/aromatic N) is 1. The van der Waals surface area contributed by atoms with Crippen LogP contribution in [-0.4, -0.2) is 90.3 Å². The molecule has 1 saturated heterocycles. The van der Waals surface area contributed by atoms with Crippen LogP contribution in [0.3, 0.4) is 0 Å². The average Bonchev–Trinajstić information content (AvgIpc) is 3.04. The van der Waals surface area contributed by atoms with E-state index in [1.54, 1.807) is 6.07 Å². The second-order valence-corrected chi connectivity index (χ2v) is 14.5. The Labute approximate surface area is 309 Å². The molecule has 0 aromatic heterocycles. The van der Waals surface area contributed by atoms with Crippen molar-refractivity contribution in [1.82, 2.24) is 10.6 Å². The van der Waals surface area contributed by atoms with Crippen molar-refractivity contribution in [3.05, 3.63) is 52.6 Å². The number of aliphatic carboxylic acids is 1. The molecule has 0 aliphatic carbocycles. The summed E-state index contributed by atoms with van der Waals surface area (Å²) in [5, 5.41) is 25.0. The van der Waals surface area contributed by atoms with Crippen LogP contribution in [0.5, 0.6) is 5.75 Å². The van der Waals surface area contributed by atoms with Crippen LogP contribution in [0.2, 0.25) is 0 Å². The number of aliphatic imine (C=N–C) groups is 1. The Balaban J connectivity index is 1.95. The SMILES string of the molecule is BC(=O)OCc1ccc(OC2CC(O)CC(C(=O)O)O2)c(C(=O)NCC(=O)NC(C)(C)CCOC(C)(C)/N=C(\C)CC/C(C)=C/CC/C(C)=C/C)c1. The number of hydrogen-bond donors (Lipinski definition) is 4. The van der Waals surface area contributed by atoms with Gasteiger partial charge in [-0.25, -0.2) is 4.79 Å². The fraction of sp³-hybridized carbons (Fsp3) is 0.605. The zero-order valence-corrected chi connectivity index (χ0v) is 32.3. The van der Waals surface area contributed by atoms with Gasteiger partial charge in [-0.2, -0.15) is 0 Å². The van der Waals surface area contributed by atoms with Gasteiger partial charge < -0.3 is 39.8 Å². The molecule has 3 unspecified atom stereocenters. The standard InChI is InChI=1S/C38H58BN3O10/c1-9-24(2)11-10-12-25(3)13-14-26(4)41-38(7,8)50-18-17-37(5,6)42-32(44)22-40-34(45)29-19-27(23-49-36(39)48)15-16-30(29)51-33-21-28(43)20-31(52-33)35(46)47/h9,12,15-16,19,28,31,33,43H,10-11,13-14,17-18,20-23,39H2,1-8H3,(H,40,45)(H,42,44)(H,46,47)/b24-9+,25-12+,41-26+. The molecular weight excluding hydrogens is 669 g/mol. The average molecular weight is 728 g/mol. The summed E-state index contributed by atoms with van der Waals surface area (Å²) in [7, 11) is 1.26. The maximum Gasteiger partial charge on any atom is 0.333 e. The van der Waals surface area contributed by atoms with E-state index in [2.05, 4.69) is 43.6 Å². The highest BCUT2D eigenvalue weighted by Crippen LogP contribution is 2.27. The van der Waals surface area contributed by atoms with Crippen LogP contribution in [0.15, 0.2) is 46.5 Å². The number of benzene rings is 1. The third-order valence-corrected chi connectivity index (χ3v) is 8.47. The minimum atomic E-state index is -1.28. The van der Waals surface area contributed by atoms with Gasteiger partial charge in [0.25, 0.3) is 5.91 Å². The van der Waals surface area contributed by atoms with Crippen molar-refractivity contribution in [2.24, 2.45) is 4.99 Å². The number of allylic oxidation sites excluding steroid dienone is 4. The number of ether oxygens (including phenoxy) is 4. The molecule has 288 valence electrons. The predicted molar refractivity (Wildman–Crippen MR) is 201 cm³/mol. The molecule has 3 atom stereocenters. The Hall–Kier alpha value is -4.01. The lowest BCUT2D eigenvalue weighted by Gasteiger charge is -2.31. The first-order chi connectivity index (χ1) is 24.3. The topological polar surface area (TPSA) is 182 Å². The van der Waals surface area contributed by atoms with Crippen LogP contribution < -0.4 is 15.4 Å². The fourth-order valence-corrected chi connectivity index (χ4v) is 5.38. The maximum absolute atomic E-state index is 13.3. The molecule has 2 amide bonds. The molecule has 52 heavy (non-hydrogen) atoms. The largest absolute Gasteiger partial charge is 0.479 e. The van der Waals surface area contributed by atoms with E-state index in [4.69, 9.17) is 23.9 Å². The number of carbonyl (C=O) groups is 4. The van der Waals surface area contributed by atoms with Crippen LogP contribution in [0, 0.1) is 0 Å². The molecule has 1 fully saturated rings. The highest BCUT2D eigenvalue weighted by molar-refractivity contribution is 6.55. The molecule has 13 nitrogen and oxygen atoms in total. The monoisotopic (exact) mass is 727 g/mol. The molecule has 1 aliphatic heterocycles.